The van der Waals surface area contributed by atoms with Gasteiger partial charge >= 0.3 is 0 Å². The average molecular weight is 334 g/mol. The number of benzene rings is 1. The Balaban J connectivity index is 1.46. The van der Waals surface area contributed by atoms with Crippen molar-refractivity contribution in [2.45, 2.75) is 6.54 Å². The van der Waals surface area contributed by atoms with Crippen LogP contribution < -0.4 is 4.74 Å². The predicted octanol–water partition coefficient (Wildman–Crippen LogP) is 3.49. The fourth-order valence-corrected chi connectivity index (χ4v) is 2.10. The molecule has 0 amide bonds. The zero-order valence-corrected chi connectivity index (χ0v) is 13.4. The summed E-state index contributed by atoms with van der Waals surface area (Å²) < 4.78 is 16.4. The van der Waals surface area contributed by atoms with Crippen LogP contribution in [-0.2, 0) is 6.54 Å². The van der Waals surface area contributed by atoms with Gasteiger partial charge in [0.15, 0.2) is 5.76 Å². The SMILES string of the molecule is CN(CCOc1ccc(Cl)cc1)Cc1nnc(-c2ccco2)o1. The van der Waals surface area contributed by atoms with Gasteiger partial charge in [-0.2, -0.15) is 0 Å². The Bertz CT molecular complexity index is 725. The monoisotopic (exact) mass is 333 g/mol. The van der Waals surface area contributed by atoms with E-state index in [9.17, 15) is 0 Å². The van der Waals surface area contributed by atoms with Gasteiger partial charge in [0.2, 0.25) is 5.89 Å². The number of rotatable bonds is 7. The van der Waals surface area contributed by atoms with Crippen LogP contribution in [0.25, 0.3) is 11.7 Å². The summed E-state index contributed by atoms with van der Waals surface area (Å²) in [6, 6.07) is 10.8. The van der Waals surface area contributed by atoms with E-state index in [2.05, 4.69) is 10.2 Å². The van der Waals surface area contributed by atoms with Crippen molar-refractivity contribution in [1.82, 2.24) is 15.1 Å². The van der Waals surface area contributed by atoms with Crippen molar-refractivity contribution in [2.24, 2.45) is 0 Å². The van der Waals surface area contributed by atoms with Crippen molar-refractivity contribution >= 4 is 11.6 Å². The largest absolute Gasteiger partial charge is 0.492 e. The lowest BCUT2D eigenvalue weighted by atomic mass is 10.3. The Hall–Kier alpha value is -2.31. The smallest absolute Gasteiger partial charge is 0.283 e. The van der Waals surface area contributed by atoms with E-state index in [4.69, 9.17) is 25.2 Å². The van der Waals surface area contributed by atoms with Crippen LogP contribution >= 0.6 is 11.6 Å². The quantitative estimate of drug-likeness (QED) is 0.659. The molecule has 0 N–H and O–H groups in total. The maximum Gasteiger partial charge on any atom is 0.283 e. The molecule has 0 aliphatic carbocycles. The maximum absolute atomic E-state index is 5.83. The third-order valence-corrected chi connectivity index (χ3v) is 3.41. The molecule has 0 radical (unpaired) electrons. The summed E-state index contributed by atoms with van der Waals surface area (Å²) in [5.41, 5.74) is 0. The van der Waals surface area contributed by atoms with Crippen molar-refractivity contribution in [2.75, 3.05) is 20.2 Å². The Morgan fingerprint density at radius 1 is 1.17 bits per heavy atom. The van der Waals surface area contributed by atoms with Gasteiger partial charge < -0.3 is 13.6 Å². The lowest BCUT2D eigenvalue weighted by molar-refractivity contribution is 0.220. The predicted molar refractivity (Wildman–Crippen MR) is 85.3 cm³/mol. The van der Waals surface area contributed by atoms with Crippen LogP contribution in [0.5, 0.6) is 5.75 Å². The molecule has 2 aromatic heterocycles. The Morgan fingerprint density at radius 2 is 2.00 bits per heavy atom. The highest BCUT2D eigenvalue weighted by molar-refractivity contribution is 6.30. The number of likely N-dealkylation sites (N-methyl/N-ethyl adjacent to an activating group) is 1. The fraction of sp³-hybridized carbons (Fsp3) is 0.250. The van der Waals surface area contributed by atoms with Crippen molar-refractivity contribution in [3.8, 4) is 17.4 Å². The summed E-state index contributed by atoms with van der Waals surface area (Å²) in [6.07, 6.45) is 1.57. The van der Waals surface area contributed by atoms with Gasteiger partial charge in [-0.1, -0.05) is 11.6 Å². The fourth-order valence-electron chi connectivity index (χ4n) is 1.98. The average Bonchev–Trinajstić information content (AvgIpc) is 3.20. The van der Waals surface area contributed by atoms with Gasteiger partial charge in [0.1, 0.15) is 12.4 Å². The van der Waals surface area contributed by atoms with Crippen LogP contribution in [0.2, 0.25) is 5.02 Å². The van der Waals surface area contributed by atoms with Gasteiger partial charge in [-0.15, -0.1) is 10.2 Å². The molecule has 0 atom stereocenters. The second kappa shape index (κ2) is 7.30. The van der Waals surface area contributed by atoms with Crippen molar-refractivity contribution < 1.29 is 13.6 Å². The van der Waals surface area contributed by atoms with Crippen LogP contribution in [0.4, 0.5) is 0 Å². The summed E-state index contributed by atoms with van der Waals surface area (Å²) in [7, 11) is 1.96. The molecule has 0 aliphatic heterocycles. The Labute approximate surface area is 138 Å². The number of hydrogen-bond donors (Lipinski definition) is 0. The molecule has 23 heavy (non-hydrogen) atoms. The molecule has 0 fully saturated rings. The van der Waals surface area contributed by atoms with E-state index in [0.717, 1.165) is 12.3 Å². The van der Waals surface area contributed by atoms with Gasteiger partial charge in [0.05, 0.1) is 12.8 Å². The van der Waals surface area contributed by atoms with Crippen LogP contribution in [-0.4, -0.2) is 35.3 Å². The number of aromatic nitrogens is 2. The first kappa shape index (κ1) is 15.6. The zero-order valence-electron chi connectivity index (χ0n) is 12.6. The molecular formula is C16H16ClN3O3. The first-order valence-corrected chi connectivity index (χ1v) is 7.51. The number of furan rings is 1. The van der Waals surface area contributed by atoms with Crippen molar-refractivity contribution in [3.05, 3.63) is 53.6 Å². The van der Waals surface area contributed by atoms with Crippen LogP contribution in [0.1, 0.15) is 5.89 Å². The molecule has 0 saturated carbocycles. The molecule has 0 spiro atoms. The van der Waals surface area contributed by atoms with E-state index in [1.807, 2.05) is 24.1 Å². The molecule has 7 heteroatoms. The van der Waals surface area contributed by atoms with E-state index in [1.165, 1.54) is 0 Å². The van der Waals surface area contributed by atoms with E-state index in [-0.39, 0.29) is 0 Å². The van der Waals surface area contributed by atoms with Gasteiger partial charge in [-0.25, -0.2) is 0 Å². The number of hydrogen-bond acceptors (Lipinski definition) is 6. The molecule has 120 valence electrons. The normalized spacial score (nSPS) is 11.1. The molecule has 6 nitrogen and oxygen atoms in total. The van der Waals surface area contributed by atoms with E-state index in [0.29, 0.717) is 35.7 Å². The molecule has 0 saturated heterocycles. The maximum atomic E-state index is 5.83. The minimum absolute atomic E-state index is 0.385. The van der Waals surface area contributed by atoms with Gasteiger partial charge in [0, 0.05) is 11.6 Å². The van der Waals surface area contributed by atoms with Crippen LogP contribution in [0.15, 0.2) is 51.5 Å². The molecule has 1 aromatic carbocycles. The number of nitrogens with zero attached hydrogens (tertiary/aromatic N) is 3. The highest BCUT2D eigenvalue weighted by Crippen LogP contribution is 2.18. The third kappa shape index (κ3) is 4.34. The van der Waals surface area contributed by atoms with Crippen molar-refractivity contribution in [1.29, 1.82) is 0 Å². The molecule has 3 aromatic rings. The number of ether oxygens (including phenoxy) is 1. The lowest BCUT2D eigenvalue weighted by Crippen LogP contribution is -2.24. The summed E-state index contributed by atoms with van der Waals surface area (Å²) >= 11 is 5.83. The second-order valence-corrected chi connectivity index (χ2v) is 5.45. The van der Waals surface area contributed by atoms with Gasteiger partial charge in [-0.3, -0.25) is 4.90 Å². The van der Waals surface area contributed by atoms with E-state index in [1.54, 1.807) is 30.5 Å². The number of halogens is 1. The van der Waals surface area contributed by atoms with Gasteiger partial charge in [-0.05, 0) is 43.4 Å². The topological polar surface area (TPSA) is 64.5 Å². The van der Waals surface area contributed by atoms with Crippen LogP contribution in [0, 0.1) is 0 Å². The minimum atomic E-state index is 0.385. The van der Waals surface area contributed by atoms with Crippen molar-refractivity contribution in [3.63, 3.8) is 0 Å². The first-order chi connectivity index (χ1) is 11.2. The van der Waals surface area contributed by atoms with E-state index < -0.39 is 0 Å². The molecular weight excluding hydrogens is 318 g/mol. The molecule has 0 unspecified atom stereocenters. The summed E-state index contributed by atoms with van der Waals surface area (Å²) in [5, 5.41) is 8.67. The molecule has 0 bridgehead atoms. The highest BCUT2D eigenvalue weighted by Gasteiger charge is 2.12. The third-order valence-electron chi connectivity index (χ3n) is 3.16. The Morgan fingerprint density at radius 3 is 2.74 bits per heavy atom. The van der Waals surface area contributed by atoms with E-state index >= 15 is 0 Å². The Kier molecular flexibility index (Phi) is 4.95. The standard InChI is InChI=1S/C16H16ClN3O3/c1-20(8-10-21-13-6-4-12(17)5-7-13)11-15-18-19-16(23-15)14-3-2-9-22-14/h2-7,9H,8,10-11H2,1H3. The second-order valence-electron chi connectivity index (χ2n) is 5.02. The highest BCUT2D eigenvalue weighted by atomic mass is 35.5. The van der Waals surface area contributed by atoms with Gasteiger partial charge in [0.25, 0.3) is 5.89 Å². The lowest BCUT2D eigenvalue weighted by Gasteiger charge is -2.14. The molecule has 3 rings (SSSR count). The minimum Gasteiger partial charge on any atom is -0.492 e. The van der Waals surface area contributed by atoms with Crippen LogP contribution in [0.3, 0.4) is 0 Å². The summed E-state index contributed by atoms with van der Waals surface area (Å²) in [6.45, 7) is 1.82. The zero-order chi connectivity index (χ0) is 16.1. The molecule has 2 heterocycles. The summed E-state index contributed by atoms with van der Waals surface area (Å²) in [4.78, 5) is 2.04. The molecule has 0 aliphatic rings. The first-order valence-electron chi connectivity index (χ1n) is 7.14. The summed E-state index contributed by atoms with van der Waals surface area (Å²) in [5.74, 6) is 2.28.